The van der Waals surface area contributed by atoms with Gasteiger partial charge in [0.2, 0.25) is 0 Å². The van der Waals surface area contributed by atoms with E-state index < -0.39 is 11.6 Å². The number of halogens is 1. The topological polar surface area (TPSA) is 67.5 Å². The van der Waals surface area contributed by atoms with Crippen molar-refractivity contribution in [2.75, 3.05) is 20.8 Å². The zero-order chi connectivity index (χ0) is 23.8. The number of rotatable bonds is 6. The van der Waals surface area contributed by atoms with Gasteiger partial charge in [0.1, 0.15) is 11.4 Å². The normalized spacial score (nSPS) is 19.1. The van der Waals surface area contributed by atoms with E-state index in [1.807, 2.05) is 30.5 Å². The van der Waals surface area contributed by atoms with Crippen molar-refractivity contribution in [1.29, 1.82) is 0 Å². The van der Waals surface area contributed by atoms with Gasteiger partial charge in [-0.1, -0.05) is 18.2 Å². The van der Waals surface area contributed by atoms with Gasteiger partial charge in [-0.05, 0) is 62.1 Å². The Labute approximate surface area is 193 Å². The molecular weight excluding hydrogens is 421 g/mol. The molecule has 7 heteroatoms. The molecule has 0 radical (unpaired) electrons. The van der Waals surface area contributed by atoms with Crippen molar-refractivity contribution < 1.29 is 18.7 Å². The van der Waals surface area contributed by atoms with Gasteiger partial charge < -0.3 is 9.47 Å². The van der Waals surface area contributed by atoms with Crippen LogP contribution in [0.2, 0.25) is 0 Å². The number of fused-ring (bicyclic) bond motifs is 3. The van der Waals surface area contributed by atoms with E-state index in [1.165, 1.54) is 18.7 Å². The van der Waals surface area contributed by atoms with E-state index in [9.17, 15) is 9.18 Å². The van der Waals surface area contributed by atoms with Crippen molar-refractivity contribution in [2.45, 2.75) is 44.9 Å². The van der Waals surface area contributed by atoms with Gasteiger partial charge in [0.15, 0.2) is 0 Å². The highest BCUT2D eigenvalue weighted by atomic mass is 19.1. The van der Waals surface area contributed by atoms with Crippen LogP contribution >= 0.6 is 0 Å². The second-order valence-corrected chi connectivity index (χ2v) is 9.17. The highest BCUT2D eigenvalue weighted by Crippen LogP contribution is 2.44. The molecule has 0 bridgehead atoms. The standard InChI is InChI=1S/C26H30FN3O3/c1-16-12-20-18(9-10-22-21(20)14-28-29-22)25(30(16)15-26(2,3)27)19-8-6-17(13-23(19)32-4)7-11-24(31)33-5/h6-11,13-14,16,25H,12,15H2,1-5H3,(H,28,29)/b11-7+/t16-,25+/m1/s1. The molecule has 0 amide bonds. The minimum atomic E-state index is -1.36. The summed E-state index contributed by atoms with van der Waals surface area (Å²) in [6.45, 7) is 5.66. The van der Waals surface area contributed by atoms with Crippen LogP contribution in [0.3, 0.4) is 0 Å². The molecule has 1 aromatic heterocycles. The first-order chi connectivity index (χ1) is 15.7. The van der Waals surface area contributed by atoms with E-state index in [0.717, 1.165) is 34.0 Å². The van der Waals surface area contributed by atoms with Crippen LogP contribution in [0.5, 0.6) is 5.75 Å². The zero-order valence-electron chi connectivity index (χ0n) is 19.7. The molecule has 2 aromatic carbocycles. The maximum Gasteiger partial charge on any atom is 0.330 e. The lowest BCUT2D eigenvalue weighted by atomic mass is 9.82. The summed E-state index contributed by atoms with van der Waals surface area (Å²) in [5, 5.41) is 8.38. The lowest BCUT2D eigenvalue weighted by molar-refractivity contribution is -0.134. The fraction of sp³-hybridized carbons (Fsp3) is 0.385. The molecule has 1 N–H and O–H groups in total. The molecular formula is C26H30FN3O3. The Morgan fingerprint density at radius 1 is 1.27 bits per heavy atom. The third-order valence-corrected chi connectivity index (χ3v) is 6.19. The first-order valence-electron chi connectivity index (χ1n) is 11.1. The average molecular weight is 452 g/mol. The van der Waals surface area contributed by atoms with Gasteiger partial charge in [-0.25, -0.2) is 9.18 Å². The molecule has 4 rings (SSSR count). The number of nitrogens with zero attached hydrogens (tertiary/aromatic N) is 2. The number of H-pyrrole nitrogens is 1. The highest BCUT2D eigenvalue weighted by Gasteiger charge is 2.38. The molecule has 0 spiro atoms. The highest BCUT2D eigenvalue weighted by molar-refractivity contribution is 5.87. The Morgan fingerprint density at radius 2 is 2.03 bits per heavy atom. The molecule has 2 atom stereocenters. The van der Waals surface area contributed by atoms with Crippen molar-refractivity contribution in [1.82, 2.24) is 15.1 Å². The van der Waals surface area contributed by atoms with Crippen molar-refractivity contribution in [3.63, 3.8) is 0 Å². The predicted molar refractivity (Wildman–Crippen MR) is 127 cm³/mol. The molecule has 174 valence electrons. The number of benzene rings is 2. The number of carbonyl (C=O) groups is 1. The number of nitrogens with one attached hydrogen (secondary N) is 1. The second kappa shape index (κ2) is 8.98. The minimum absolute atomic E-state index is 0.113. The summed E-state index contributed by atoms with van der Waals surface area (Å²) in [5.74, 6) is 0.259. The van der Waals surface area contributed by atoms with Gasteiger partial charge in [-0.15, -0.1) is 0 Å². The van der Waals surface area contributed by atoms with Gasteiger partial charge in [0.25, 0.3) is 0 Å². The Kier molecular flexibility index (Phi) is 6.26. The van der Waals surface area contributed by atoms with E-state index in [0.29, 0.717) is 5.75 Å². The summed E-state index contributed by atoms with van der Waals surface area (Å²) in [6.07, 6.45) is 5.73. The predicted octanol–water partition coefficient (Wildman–Crippen LogP) is 4.84. The summed E-state index contributed by atoms with van der Waals surface area (Å²) in [7, 11) is 2.97. The number of aromatic amines is 1. The van der Waals surface area contributed by atoms with E-state index in [1.54, 1.807) is 27.0 Å². The van der Waals surface area contributed by atoms with Gasteiger partial charge in [0.05, 0.1) is 32.0 Å². The van der Waals surface area contributed by atoms with E-state index in [-0.39, 0.29) is 18.6 Å². The SMILES string of the molecule is COC(=O)/C=C/c1ccc([C@@H]2c3ccc4[nH]ncc4c3C[C@@H](C)N2CC(C)(C)F)c(OC)c1. The molecule has 33 heavy (non-hydrogen) atoms. The fourth-order valence-corrected chi connectivity index (χ4v) is 4.74. The first-order valence-corrected chi connectivity index (χ1v) is 11.1. The van der Waals surface area contributed by atoms with Crippen molar-refractivity contribution in [2.24, 2.45) is 0 Å². The summed E-state index contributed by atoms with van der Waals surface area (Å²) >= 11 is 0. The number of carbonyl (C=O) groups excluding carboxylic acids is 1. The molecule has 2 heterocycles. The lowest BCUT2D eigenvalue weighted by Gasteiger charge is -2.44. The summed E-state index contributed by atoms with van der Waals surface area (Å²) in [4.78, 5) is 13.7. The van der Waals surface area contributed by atoms with Gasteiger partial charge in [0, 0.05) is 29.6 Å². The van der Waals surface area contributed by atoms with Crippen molar-refractivity contribution in [3.05, 3.63) is 64.9 Å². The first kappa shape index (κ1) is 23.0. The summed E-state index contributed by atoms with van der Waals surface area (Å²) in [6, 6.07) is 9.89. The monoisotopic (exact) mass is 451 g/mol. The van der Waals surface area contributed by atoms with Crippen molar-refractivity contribution in [3.8, 4) is 5.75 Å². The Bertz CT molecular complexity index is 1200. The molecule has 3 aromatic rings. The van der Waals surface area contributed by atoms with Crippen LogP contribution in [0.1, 0.15) is 49.1 Å². The molecule has 0 unspecified atom stereocenters. The Balaban J connectivity index is 1.86. The number of aromatic nitrogens is 2. The van der Waals surface area contributed by atoms with Crippen LogP contribution in [-0.2, 0) is 16.0 Å². The minimum Gasteiger partial charge on any atom is -0.496 e. The van der Waals surface area contributed by atoms with Gasteiger partial charge in [-0.3, -0.25) is 10.00 Å². The quantitative estimate of drug-likeness (QED) is 0.429. The molecule has 6 nitrogen and oxygen atoms in total. The number of hydrogen-bond acceptors (Lipinski definition) is 5. The largest absolute Gasteiger partial charge is 0.496 e. The molecule has 0 aliphatic carbocycles. The van der Waals surface area contributed by atoms with Crippen molar-refractivity contribution >= 4 is 22.9 Å². The van der Waals surface area contributed by atoms with E-state index in [4.69, 9.17) is 4.74 Å². The van der Waals surface area contributed by atoms with Crippen LogP contribution in [0.4, 0.5) is 4.39 Å². The molecule has 1 aliphatic rings. The van der Waals surface area contributed by atoms with Gasteiger partial charge >= 0.3 is 5.97 Å². The molecule has 0 saturated heterocycles. The van der Waals surface area contributed by atoms with Crippen LogP contribution in [0, 0.1) is 0 Å². The Hall–Kier alpha value is -3.19. The van der Waals surface area contributed by atoms with E-state index in [2.05, 4.69) is 32.8 Å². The van der Waals surface area contributed by atoms with Crippen LogP contribution < -0.4 is 4.74 Å². The van der Waals surface area contributed by atoms with Crippen LogP contribution in [0.25, 0.3) is 17.0 Å². The second-order valence-electron chi connectivity index (χ2n) is 9.17. The Morgan fingerprint density at radius 3 is 2.73 bits per heavy atom. The smallest absolute Gasteiger partial charge is 0.330 e. The van der Waals surface area contributed by atoms with Crippen LogP contribution in [0.15, 0.2) is 42.6 Å². The third-order valence-electron chi connectivity index (χ3n) is 6.19. The number of methoxy groups -OCH3 is 2. The number of ether oxygens (including phenoxy) is 2. The number of alkyl halides is 1. The summed E-state index contributed by atoms with van der Waals surface area (Å²) in [5.41, 5.74) is 3.75. The lowest BCUT2D eigenvalue weighted by Crippen LogP contribution is -2.47. The van der Waals surface area contributed by atoms with Gasteiger partial charge in [-0.2, -0.15) is 5.10 Å². The fourth-order valence-electron chi connectivity index (χ4n) is 4.74. The average Bonchev–Trinajstić information content (AvgIpc) is 3.26. The maximum atomic E-state index is 14.9. The molecule has 1 aliphatic heterocycles. The van der Waals surface area contributed by atoms with E-state index >= 15 is 0 Å². The summed E-state index contributed by atoms with van der Waals surface area (Å²) < 4.78 is 25.4. The maximum absolute atomic E-state index is 14.9. The number of esters is 1. The number of hydrogen-bond donors (Lipinski definition) is 1. The molecule has 0 fully saturated rings. The zero-order valence-corrected chi connectivity index (χ0v) is 19.7. The molecule has 0 saturated carbocycles. The third kappa shape index (κ3) is 4.64. The van der Waals surface area contributed by atoms with Crippen LogP contribution in [-0.4, -0.2) is 53.5 Å².